The monoisotopic (exact) mass is 391 g/mol. The number of amides is 1. The summed E-state index contributed by atoms with van der Waals surface area (Å²) in [7, 11) is 1.95. The smallest absolute Gasteiger partial charge is 0.361 e. The molecule has 1 aromatic carbocycles. The first-order valence-electron chi connectivity index (χ1n) is 9.66. The summed E-state index contributed by atoms with van der Waals surface area (Å²) in [5.41, 5.74) is 2.30. The van der Waals surface area contributed by atoms with Crippen molar-refractivity contribution >= 4 is 22.4 Å². The second-order valence-electron chi connectivity index (χ2n) is 7.66. The molecule has 1 amide bonds. The van der Waals surface area contributed by atoms with Gasteiger partial charge >= 0.3 is 6.18 Å². The Kier molecular flexibility index (Phi) is 4.53. The van der Waals surface area contributed by atoms with Gasteiger partial charge in [-0.3, -0.25) is 9.69 Å². The Balaban J connectivity index is 1.87. The third kappa shape index (κ3) is 2.92. The first kappa shape index (κ1) is 19.1. The molecule has 0 saturated carbocycles. The van der Waals surface area contributed by atoms with Crippen molar-refractivity contribution in [2.75, 3.05) is 26.7 Å². The van der Waals surface area contributed by atoms with Crippen molar-refractivity contribution in [3.63, 3.8) is 0 Å². The van der Waals surface area contributed by atoms with Crippen LogP contribution in [0.4, 0.5) is 13.2 Å². The summed E-state index contributed by atoms with van der Waals surface area (Å²) in [6.45, 7) is 5.70. The Labute approximate surface area is 162 Å². The number of hydrogen-bond acceptors (Lipinski definition) is 2. The zero-order valence-corrected chi connectivity index (χ0v) is 16.2. The highest BCUT2D eigenvalue weighted by Gasteiger charge is 2.39. The number of rotatable bonds is 3. The van der Waals surface area contributed by atoms with Crippen LogP contribution < -0.4 is 0 Å². The van der Waals surface area contributed by atoms with E-state index < -0.39 is 11.7 Å². The lowest BCUT2D eigenvalue weighted by atomic mass is 9.79. The minimum absolute atomic E-state index is 0.0178. The zero-order valence-electron chi connectivity index (χ0n) is 16.2. The lowest BCUT2D eigenvalue weighted by molar-refractivity contribution is -0.137. The van der Waals surface area contributed by atoms with Gasteiger partial charge in [0.25, 0.3) is 0 Å². The van der Waals surface area contributed by atoms with Crippen molar-refractivity contribution < 1.29 is 18.0 Å². The molecule has 2 aromatic rings. The standard InChI is InChI=1S/C21H24F3N3O/c1-4-27(5-2)20(28)13-6-15-16-8-14(21(22,23)24)9-17-19(16)12(10-25-17)7-18(15)26(3)11-13/h6,8-10,13,18,25H,4-5,7,11H2,1-3H3. The van der Waals surface area contributed by atoms with Crippen LogP contribution >= 0.6 is 0 Å². The number of hydrogen-bond donors (Lipinski definition) is 1. The van der Waals surface area contributed by atoms with Gasteiger partial charge in [0.1, 0.15) is 0 Å². The van der Waals surface area contributed by atoms with E-state index in [1.165, 1.54) is 12.1 Å². The third-order valence-electron chi connectivity index (χ3n) is 6.06. The number of alkyl halides is 3. The lowest BCUT2D eigenvalue weighted by Gasteiger charge is -2.40. The third-order valence-corrected chi connectivity index (χ3v) is 6.06. The Morgan fingerprint density at radius 3 is 2.64 bits per heavy atom. The van der Waals surface area contributed by atoms with Gasteiger partial charge in [-0.05, 0) is 56.1 Å². The fourth-order valence-corrected chi connectivity index (χ4v) is 4.61. The van der Waals surface area contributed by atoms with E-state index in [0.717, 1.165) is 22.9 Å². The first-order valence-corrected chi connectivity index (χ1v) is 9.66. The fraction of sp³-hybridized carbons (Fsp3) is 0.476. The van der Waals surface area contributed by atoms with E-state index in [-0.39, 0.29) is 17.9 Å². The van der Waals surface area contributed by atoms with Gasteiger partial charge in [0.2, 0.25) is 5.91 Å². The molecule has 0 saturated heterocycles. The van der Waals surface area contributed by atoms with Crippen molar-refractivity contribution in [1.82, 2.24) is 14.8 Å². The van der Waals surface area contributed by atoms with E-state index >= 15 is 0 Å². The Morgan fingerprint density at radius 2 is 2.00 bits per heavy atom. The highest BCUT2D eigenvalue weighted by Crippen LogP contribution is 2.43. The number of carbonyl (C=O) groups excluding carboxylic acids is 1. The van der Waals surface area contributed by atoms with E-state index in [9.17, 15) is 18.0 Å². The maximum absolute atomic E-state index is 13.5. The van der Waals surface area contributed by atoms with Crippen LogP contribution in [0.5, 0.6) is 0 Å². The van der Waals surface area contributed by atoms with E-state index in [1.807, 2.05) is 33.2 Å². The van der Waals surface area contributed by atoms with Crippen LogP contribution in [0.1, 0.15) is 30.5 Å². The minimum Gasteiger partial charge on any atom is -0.361 e. The molecule has 1 aliphatic heterocycles. The Hall–Kier alpha value is -2.28. The summed E-state index contributed by atoms with van der Waals surface area (Å²) in [5.74, 6) is -0.313. The van der Waals surface area contributed by atoms with Crippen molar-refractivity contribution in [3.05, 3.63) is 41.1 Å². The molecule has 0 fully saturated rings. The number of fused-ring (bicyclic) bond motifs is 2. The average Bonchev–Trinajstić information content (AvgIpc) is 3.06. The number of halogens is 3. The molecule has 2 unspecified atom stereocenters. The van der Waals surface area contributed by atoms with E-state index in [0.29, 0.717) is 30.7 Å². The SMILES string of the molecule is CCN(CC)C(=O)C1C=C2c3cc(C(F)(F)F)cc4[nH]cc(c34)CC2N(C)C1. The largest absolute Gasteiger partial charge is 0.416 e. The first-order chi connectivity index (χ1) is 13.2. The predicted molar refractivity (Wildman–Crippen MR) is 103 cm³/mol. The Morgan fingerprint density at radius 1 is 1.29 bits per heavy atom. The van der Waals surface area contributed by atoms with Crippen LogP contribution in [0, 0.1) is 5.92 Å². The van der Waals surface area contributed by atoms with Gasteiger partial charge in [0.15, 0.2) is 0 Å². The Bertz CT molecular complexity index is 956. The topological polar surface area (TPSA) is 39.3 Å². The molecule has 0 radical (unpaired) electrons. The number of nitrogens with zero attached hydrogens (tertiary/aromatic N) is 2. The van der Waals surface area contributed by atoms with Gasteiger partial charge in [0.05, 0.1) is 11.5 Å². The van der Waals surface area contributed by atoms with Crippen LogP contribution in [0.3, 0.4) is 0 Å². The predicted octanol–water partition coefficient (Wildman–Crippen LogP) is 3.92. The maximum Gasteiger partial charge on any atom is 0.416 e. The van der Waals surface area contributed by atoms with Crippen LogP contribution in [0.15, 0.2) is 24.4 Å². The maximum atomic E-state index is 13.5. The van der Waals surface area contributed by atoms with Crippen LogP contribution in [0.2, 0.25) is 0 Å². The highest BCUT2D eigenvalue weighted by molar-refractivity contribution is 6.00. The van der Waals surface area contributed by atoms with Gasteiger partial charge < -0.3 is 9.88 Å². The van der Waals surface area contributed by atoms with Gasteiger partial charge in [-0.1, -0.05) is 6.08 Å². The second-order valence-corrected chi connectivity index (χ2v) is 7.66. The quantitative estimate of drug-likeness (QED) is 0.861. The minimum atomic E-state index is -4.42. The van der Waals surface area contributed by atoms with Crippen molar-refractivity contribution in [3.8, 4) is 0 Å². The molecule has 28 heavy (non-hydrogen) atoms. The number of likely N-dealkylation sites (N-methyl/N-ethyl adjacent to an activating group) is 1. The highest BCUT2D eigenvalue weighted by atomic mass is 19.4. The van der Waals surface area contributed by atoms with Crippen molar-refractivity contribution in [2.24, 2.45) is 5.92 Å². The average molecular weight is 391 g/mol. The zero-order chi connectivity index (χ0) is 20.2. The number of nitrogens with one attached hydrogen (secondary N) is 1. The molecule has 1 N–H and O–H groups in total. The fourth-order valence-electron chi connectivity index (χ4n) is 4.61. The van der Waals surface area contributed by atoms with Crippen LogP contribution in [0.25, 0.3) is 16.5 Å². The molecule has 0 bridgehead atoms. The second kappa shape index (κ2) is 6.65. The van der Waals surface area contributed by atoms with Crippen LogP contribution in [-0.4, -0.2) is 53.4 Å². The number of aromatic amines is 1. The summed E-state index contributed by atoms with van der Waals surface area (Å²) >= 11 is 0. The molecule has 2 atom stereocenters. The summed E-state index contributed by atoms with van der Waals surface area (Å²) < 4.78 is 40.4. The lowest BCUT2D eigenvalue weighted by Crippen LogP contribution is -2.47. The van der Waals surface area contributed by atoms with Crippen molar-refractivity contribution in [2.45, 2.75) is 32.5 Å². The molecule has 4 nitrogen and oxygen atoms in total. The molecular formula is C21H24F3N3O. The van der Waals surface area contributed by atoms with Gasteiger partial charge in [-0.15, -0.1) is 0 Å². The van der Waals surface area contributed by atoms with Gasteiger partial charge in [0, 0.05) is 42.8 Å². The number of H-pyrrole nitrogens is 1. The molecule has 7 heteroatoms. The van der Waals surface area contributed by atoms with Crippen molar-refractivity contribution in [1.29, 1.82) is 0 Å². The molecule has 2 aliphatic rings. The summed E-state index contributed by atoms with van der Waals surface area (Å²) in [5, 5.41) is 0.847. The number of benzene rings is 1. The summed E-state index contributed by atoms with van der Waals surface area (Å²) in [6, 6.07) is 2.40. The molecule has 4 rings (SSSR count). The van der Waals surface area contributed by atoms with Crippen LogP contribution in [-0.2, 0) is 17.4 Å². The normalized spacial score (nSPS) is 22.1. The molecular weight excluding hydrogens is 367 g/mol. The molecule has 150 valence electrons. The van der Waals surface area contributed by atoms with Gasteiger partial charge in [-0.2, -0.15) is 13.2 Å². The molecule has 1 aliphatic carbocycles. The number of aromatic nitrogens is 1. The van der Waals surface area contributed by atoms with E-state index in [1.54, 1.807) is 4.90 Å². The van der Waals surface area contributed by atoms with E-state index in [2.05, 4.69) is 9.88 Å². The van der Waals surface area contributed by atoms with E-state index in [4.69, 9.17) is 0 Å². The molecule has 2 heterocycles. The van der Waals surface area contributed by atoms with Gasteiger partial charge in [-0.25, -0.2) is 0 Å². The summed E-state index contributed by atoms with van der Waals surface area (Å²) in [4.78, 5) is 19.8. The number of carbonyl (C=O) groups is 1. The molecule has 0 spiro atoms. The molecule has 1 aromatic heterocycles. The summed E-state index contributed by atoms with van der Waals surface area (Å²) in [6.07, 6.45) is 0.0373.